The number of nitrogens with zero attached hydrogens (tertiary/aromatic N) is 1. The van der Waals surface area contributed by atoms with E-state index >= 15 is 0 Å². The summed E-state index contributed by atoms with van der Waals surface area (Å²) in [6, 6.07) is 18.2. The highest BCUT2D eigenvalue weighted by molar-refractivity contribution is 5.96. The van der Waals surface area contributed by atoms with Crippen LogP contribution in [0.4, 0.5) is 5.69 Å². The van der Waals surface area contributed by atoms with Crippen LogP contribution in [0.1, 0.15) is 24.5 Å². The monoisotopic (exact) mass is 322 g/mol. The van der Waals surface area contributed by atoms with Crippen LogP contribution >= 0.6 is 0 Å². The molecule has 1 amide bonds. The summed E-state index contributed by atoms with van der Waals surface area (Å²) in [6.45, 7) is 1.50. The molecule has 24 heavy (non-hydrogen) atoms. The number of hydrogen-bond donors (Lipinski definition) is 1. The molecule has 0 aromatic heterocycles. The van der Waals surface area contributed by atoms with Crippen molar-refractivity contribution in [1.29, 1.82) is 5.26 Å². The molecule has 2 rings (SSSR count). The van der Waals surface area contributed by atoms with E-state index in [1.807, 2.05) is 36.4 Å². The lowest BCUT2D eigenvalue weighted by atomic mass is 10.1. The predicted octanol–water partition coefficient (Wildman–Crippen LogP) is 3.06. The lowest BCUT2D eigenvalue weighted by molar-refractivity contribution is -0.153. The molecule has 5 heteroatoms. The first kappa shape index (κ1) is 17.2. The molecule has 0 unspecified atom stereocenters. The molecule has 0 aliphatic rings. The van der Waals surface area contributed by atoms with E-state index in [2.05, 4.69) is 5.32 Å². The van der Waals surface area contributed by atoms with Gasteiger partial charge >= 0.3 is 5.97 Å². The van der Waals surface area contributed by atoms with Gasteiger partial charge in [0.2, 0.25) is 0 Å². The van der Waals surface area contributed by atoms with Crippen molar-refractivity contribution in [2.75, 3.05) is 5.32 Å². The SMILES string of the molecule is C[C@@H](OC(=O)CCc1ccccc1)C(=O)Nc1ccccc1C#N. The van der Waals surface area contributed by atoms with Crippen molar-refractivity contribution in [2.24, 2.45) is 0 Å². The predicted molar refractivity (Wildman–Crippen MR) is 90.1 cm³/mol. The zero-order valence-corrected chi connectivity index (χ0v) is 13.4. The van der Waals surface area contributed by atoms with Crippen LogP contribution in [0.2, 0.25) is 0 Å². The number of benzene rings is 2. The Morgan fingerprint density at radius 2 is 1.79 bits per heavy atom. The Bertz CT molecular complexity index is 751. The highest BCUT2D eigenvalue weighted by atomic mass is 16.5. The number of nitriles is 1. The fourth-order valence-corrected chi connectivity index (χ4v) is 2.12. The number of carbonyl (C=O) groups is 2. The Morgan fingerprint density at radius 1 is 1.12 bits per heavy atom. The van der Waals surface area contributed by atoms with E-state index < -0.39 is 18.0 Å². The highest BCUT2D eigenvalue weighted by Gasteiger charge is 2.18. The van der Waals surface area contributed by atoms with E-state index in [9.17, 15) is 9.59 Å². The van der Waals surface area contributed by atoms with Crippen LogP contribution in [-0.4, -0.2) is 18.0 Å². The zero-order valence-electron chi connectivity index (χ0n) is 13.4. The van der Waals surface area contributed by atoms with E-state index in [1.165, 1.54) is 6.92 Å². The van der Waals surface area contributed by atoms with Gasteiger partial charge in [-0.15, -0.1) is 0 Å². The number of rotatable bonds is 6. The van der Waals surface area contributed by atoms with Gasteiger partial charge in [0, 0.05) is 6.42 Å². The largest absolute Gasteiger partial charge is 0.453 e. The van der Waals surface area contributed by atoms with Gasteiger partial charge in [-0.1, -0.05) is 42.5 Å². The van der Waals surface area contributed by atoms with Gasteiger partial charge in [-0.2, -0.15) is 5.26 Å². The summed E-state index contributed by atoms with van der Waals surface area (Å²) < 4.78 is 5.15. The van der Waals surface area contributed by atoms with Crippen LogP contribution < -0.4 is 5.32 Å². The standard InChI is InChI=1S/C19H18N2O3/c1-14(19(23)21-17-10-6-5-9-16(17)13-20)24-18(22)12-11-15-7-3-2-4-8-15/h2-10,14H,11-12H2,1H3,(H,21,23)/t14-/m1/s1. The Balaban J connectivity index is 1.85. The molecule has 0 radical (unpaired) electrons. The van der Waals surface area contributed by atoms with Gasteiger partial charge in [0.15, 0.2) is 6.10 Å². The summed E-state index contributed by atoms with van der Waals surface area (Å²) in [7, 11) is 0. The molecule has 0 saturated carbocycles. The smallest absolute Gasteiger partial charge is 0.306 e. The number of anilines is 1. The number of amides is 1. The maximum atomic E-state index is 12.1. The maximum Gasteiger partial charge on any atom is 0.306 e. The molecule has 0 saturated heterocycles. The third kappa shape index (κ3) is 4.96. The Labute approximate surface area is 140 Å². The molecular formula is C19H18N2O3. The van der Waals surface area contributed by atoms with Crippen LogP contribution in [-0.2, 0) is 20.7 Å². The lowest BCUT2D eigenvalue weighted by Crippen LogP contribution is -2.30. The van der Waals surface area contributed by atoms with Gasteiger partial charge in [0.25, 0.3) is 5.91 Å². The molecule has 0 aliphatic carbocycles. The fourth-order valence-electron chi connectivity index (χ4n) is 2.12. The summed E-state index contributed by atoms with van der Waals surface area (Å²) in [5, 5.41) is 11.6. The summed E-state index contributed by atoms with van der Waals surface area (Å²) in [4.78, 5) is 23.9. The minimum absolute atomic E-state index is 0.205. The van der Waals surface area contributed by atoms with Crippen LogP contribution in [0.25, 0.3) is 0 Å². The first-order valence-electron chi connectivity index (χ1n) is 7.63. The molecule has 0 bridgehead atoms. The van der Waals surface area contributed by atoms with Crippen LogP contribution in [0.5, 0.6) is 0 Å². The highest BCUT2D eigenvalue weighted by Crippen LogP contribution is 2.14. The summed E-state index contributed by atoms with van der Waals surface area (Å²) in [5.41, 5.74) is 1.79. The van der Waals surface area contributed by atoms with Crippen molar-refractivity contribution >= 4 is 17.6 Å². The average molecular weight is 322 g/mol. The second-order valence-electron chi connectivity index (χ2n) is 5.26. The van der Waals surface area contributed by atoms with Gasteiger partial charge in [-0.05, 0) is 31.0 Å². The van der Waals surface area contributed by atoms with Crippen molar-refractivity contribution in [3.63, 3.8) is 0 Å². The van der Waals surface area contributed by atoms with Gasteiger partial charge in [-0.25, -0.2) is 0 Å². The van der Waals surface area contributed by atoms with Crippen LogP contribution in [0, 0.1) is 11.3 Å². The lowest BCUT2D eigenvalue weighted by Gasteiger charge is -2.14. The van der Waals surface area contributed by atoms with Crippen molar-refractivity contribution in [2.45, 2.75) is 25.9 Å². The normalized spacial score (nSPS) is 11.2. The summed E-state index contributed by atoms with van der Waals surface area (Å²) in [6.07, 6.45) is -0.165. The molecule has 0 aliphatic heterocycles. The Hall–Kier alpha value is -3.13. The minimum atomic E-state index is -0.931. The first-order chi connectivity index (χ1) is 11.6. The average Bonchev–Trinajstić information content (AvgIpc) is 2.61. The maximum absolute atomic E-state index is 12.1. The van der Waals surface area contributed by atoms with Crippen molar-refractivity contribution in [3.05, 3.63) is 65.7 Å². The van der Waals surface area contributed by atoms with E-state index in [-0.39, 0.29) is 6.42 Å². The van der Waals surface area contributed by atoms with Crippen molar-refractivity contribution in [3.8, 4) is 6.07 Å². The van der Waals surface area contributed by atoms with Crippen LogP contribution in [0.15, 0.2) is 54.6 Å². The molecule has 1 N–H and O–H groups in total. The van der Waals surface area contributed by atoms with E-state index in [1.54, 1.807) is 24.3 Å². The molecule has 2 aromatic carbocycles. The number of carbonyl (C=O) groups excluding carboxylic acids is 2. The molecule has 122 valence electrons. The number of aryl methyl sites for hydroxylation is 1. The second kappa shape index (κ2) is 8.49. The number of esters is 1. The van der Waals surface area contributed by atoms with Gasteiger partial charge < -0.3 is 10.1 Å². The molecule has 0 spiro atoms. The number of para-hydroxylation sites is 1. The number of ether oxygens (including phenoxy) is 1. The van der Waals surface area contributed by atoms with Gasteiger partial charge in [0.1, 0.15) is 6.07 Å². The third-order valence-electron chi connectivity index (χ3n) is 3.44. The molecule has 0 heterocycles. The third-order valence-corrected chi connectivity index (χ3v) is 3.44. The summed E-state index contributed by atoms with van der Waals surface area (Å²) in [5.74, 6) is -0.902. The molecule has 0 fully saturated rings. The zero-order chi connectivity index (χ0) is 17.4. The van der Waals surface area contributed by atoms with Gasteiger partial charge in [-0.3, -0.25) is 9.59 Å². The Kier molecular flexibility index (Phi) is 6.09. The Morgan fingerprint density at radius 3 is 2.50 bits per heavy atom. The van der Waals surface area contributed by atoms with Crippen molar-refractivity contribution in [1.82, 2.24) is 0 Å². The second-order valence-corrected chi connectivity index (χ2v) is 5.26. The summed E-state index contributed by atoms with van der Waals surface area (Å²) >= 11 is 0. The fraction of sp³-hybridized carbons (Fsp3) is 0.211. The first-order valence-corrected chi connectivity index (χ1v) is 7.63. The molecule has 2 aromatic rings. The van der Waals surface area contributed by atoms with Crippen molar-refractivity contribution < 1.29 is 14.3 Å². The molecule has 5 nitrogen and oxygen atoms in total. The van der Waals surface area contributed by atoms with E-state index in [0.29, 0.717) is 17.7 Å². The van der Waals surface area contributed by atoms with Gasteiger partial charge in [0.05, 0.1) is 11.3 Å². The quantitative estimate of drug-likeness (QED) is 0.829. The molecule has 1 atom stereocenters. The minimum Gasteiger partial charge on any atom is -0.453 e. The number of nitrogens with one attached hydrogen (secondary N) is 1. The van der Waals surface area contributed by atoms with E-state index in [0.717, 1.165) is 5.56 Å². The molecular weight excluding hydrogens is 304 g/mol. The van der Waals surface area contributed by atoms with Crippen LogP contribution in [0.3, 0.4) is 0 Å². The number of hydrogen-bond acceptors (Lipinski definition) is 4. The topological polar surface area (TPSA) is 79.2 Å². The van der Waals surface area contributed by atoms with E-state index in [4.69, 9.17) is 10.00 Å².